The molecule has 0 spiro atoms. The van der Waals surface area contributed by atoms with E-state index in [-0.39, 0.29) is 22.6 Å². The maximum atomic E-state index is 12.0. The van der Waals surface area contributed by atoms with E-state index in [0.717, 1.165) is 0 Å². The molecule has 1 atom stereocenters. The first kappa shape index (κ1) is 12.2. The maximum absolute atomic E-state index is 12.0. The highest BCUT2D eigenvalue weighted by atomic mass is 127. The molecule has 0 heterocycles. The molecule has 0 amide bonds. The smallest absolute Gasteiger partial charge is 0.237 e. The van der Waals surface area contributed by atoms with Gasteiger partial charge in [-0.3, -0.25) is 0 Å². The normalized spacial score (nSPS) is 19.0. The van der Waals surface area contributed by atoms with Gasteiger partial charge in [-0.2, -0.15) is 17.6 Å². The van der Waals surface area contributed by atoms with Gasteiger partial charge in [-0.25, -0.2) is 4.74 Å². The van der Waals surface area contributed by atoms with E-state index in [2.05, 4.69) is 4.74 Å². The highest BCUT2D eigenvalue weighted by molar-refractivity contribution is 14.1. The summed E-state index contributed by atoms with van der Waals surface area (Å²) in [5.41, 5.74) is 0. The summed E-state index contributed by atoms with van der Waals surface area (Å²) in [4.78, 5) is 0. The van der Waals surface area contributed by atoms with Gasteiger partial charge in [0.2, 0.25) is 0 Å². The molecule has 0 aliphatic heterocycles. The van der Waals surface area contributed by atoms with Crippen LogP contribution in [0, 0.1) is 0 Å². The zero-order chi connectivity index (χ0) is 10.2. The molecule has 0 fully saturated rings. The second kappa shape index (κ2) is 3.16. The Labute approximate surface area is 75.0 Å². The van der Waals surface area contributed by atoms with E-state index in [1.54, 1.807) is 0 Å². The number of alkyl halides is 8. The van der Waals surface area contributed by atoms with E-state index in [0.29, 0.717) is 0 Å². The van der Waals surface area contributed by atoms with E-state index in [4.69, 9.17) is 0 Å². The fraction of sp³-hybridized carbons (Fsp3) is 1.00. The fourth-order valence-electron chi connectivity index (χ4n) is 0.203. The molecule has 0 aliphatic rings. The van der Waals surface area contributed by atoms with Crippen LogP contribution in [0.5, 0.6) is 0 Å². The van der Waals surface area contributed by atoms with Crippen molar-refractivity contribution in [2.24, 2.45) is 0 Å². The van der Waals surface area contributed by atoms with Crippen LogP contribution in [0.1, 0.15) is 0 Å². The first-order valence-electron chi connectivity index (χ1n) is 2.17. The second-order valence-corrected chi connectivity index (χ2v) is 2.95. The predicted molar refractivity (Wildman–Crippen MR) is 31.1 cm³/mol. The predicted octanol–water partition coefficient (Wildman–Crippen LogP) is 3.14. The van der Waals surface area contributed by atoms with Crippen LogP contribution < -0.4 is 0 Å². The summed E-state index contributed by atoms with van der Waals surface area (Å²) in [7, 11) is 0. The van der Waals surface area contributed by atoms with E-state index in [1.807, 2.05) is 0 Å². The van der Waals surface area contributed by atoms with Crippen LogP contribution in [-0.2, 0) is 4.74 Å². The minimum Gasteiger partial charge on any atom is -0.237 e. The third-order valence-electron chi connectivity index (χ3n) is 0.574. The summed E-state index contributed by atoms with van der Waals surface area (Å²) in [6.45, 7) is 0. The molecule has 0 aromatic rings. The SMILES string of the molecule is FC(F)(F)O[C@@](F)(I)C(F)(F)F. The van der Waals surface area contributed by atoms with Gasteiger partial charge in [-0.15, -0.1) is 13.2 Å². The molecule has 0 rings (SSSR count). The lowest BCUT2D eigenvalue weighted by atomic mass is 10.7. The number of hydrogen-bond donors (Lipinski definition) is 0. The van der Waals surface area contributed by atoms with Gasteiger partial charge in [0, 0.05) is 22.6 Å². The van der Waals surface area contributed by atoms with Crippen LogP contribution in [0.3, 0.4) is 0 Å². The molecule has 0 aliphatic carbocycles. The lowest BCUT2D eigenvalue weighted by Gasteiger charge is -2.22. The zero-order valence-electron chi connectivity index (χ0n) is 4.93. The van der Waals surface area contributed by atoms with Gasteiger partial charge in [0.05, 0.1) is 0 Å². The Balaban J connectivity index is 4.44. The average Bonchev–Trinajstić information content (AvgIpc) is 1.52. The number of rotatable bonds is 1. The van der Waals surface area contributed by atoms with Crippen molar-refractivity contribution in [2.75, 3.05) is 0 Å². The van der Waals surface area contributed by atoms with Gasteiger partial charge < -0.3 is 0 Å². The molecular weight excluding hydrogens is 312 g/mol. The summed E-state index contributed by atoms with van der Waals surface area (Å²) in [5, 5.41) is 0. The zero-order valence-corrected chi connectivity index (χ0v) is 7.09. The Kier molecular flexibility index (Phi) is 3.21. The highest BCUT2D eigenvalue weighted by Crippen LogP contribution is 2.44. The Hall–Kier alpha value is 0.200. The van der Waals surface area contributed by atoms with Crippen molar-refractivity contribution in [1.29, 1.82) is 0 Å². The number of halogens is 8. The molecule has 0 unspecified atom stereocenters. The van der Waals surface area contributed by atoms with Crippen molar-refractivity contribution in [1.82, 2.24) is 0 Å². The molecular formula is C3F7IO. The molecule has 0 saturated heterocycles. The molecule has 9 heteroatoms. The molecule has 0 aromatic heterocycles. The van der Waals surface area contributed by atoms with Crippen LogP contribution in [0.15, 0.2) is 0 Å². The molecule has 0 aromatic carbocycles. The van der Waals surface area contributed by atoms with Crippen LogP contribution >= 0.6 is 22.6 Å². The van der Waals surface area contributed by atoms with Crippen molar-refractivity contribution in [3.05, 3.63) is 0 Å². The Morgan fingerprint density at radius 2 is 1.17 bits per heavy atom. The van der Waals surface area contributed by atoms with E-state index >= 15 is 0 Å². The van der Waals surface area contributed by atoms with Gasteiger partial charge in [-0.1, -0.05) is 0 Å². The second-order valence-electron chi connectivity index (χ2n) is 1.56. The standard InChI is InChI=1S/C3F7IO/c4-1(5,6)2(7,11)12-3(8,9)10/t2-/m0/s1. The summed E-state index contributed by atoms with van der Waals surface area (Å²) < 4.78 is 76.9. The molecule has 0 bridgehead atoms. The van der Waals surface area contributed by atoms with Crippen LogP contribution in [0.4, 0.5) is 30.7 Å². The lowest BCUT2D eigenvalue weighted by molar-refractivity contribution is -0.410. The minimum atomic E-state index is -5.72. The first-order chi connectivity index (χ1) is 4.96. The van der Waals surface area contributed by atoms with Gasteiger partial charge in [0.25, 0.3) is 0 Å². The van der Waals surface area contributed by atoms with Gasteiger partial charge in [0.1, 0.15) is 0 Å². The van der Waals surface area contributed by atoms with Crippen molar-refractivity contribution in [3.63, 3.8) is 0 Å². The Bertz CT molecular complexity index is 157. The van der Waals surface area contributed by atoms with Crippen molar-refractivity contribution >= 4 is 22.6 Å². The number of ether oxygens (including phenoxy) is 1. The van der Waals surface area contributed by atoms with E-state index in [9.17, 15) is 30.7 Å². The summed E-state index contributed by atoms with van der Waals surface area (Å²) in [5.74, 6) is 0. The lowest BCUT2D eigenvalue weighted by Crippen LogP contribution is -2.41. The Morgan fingerprint density at radius 1 is 0.833 bits per heavy atom. The highest BCUT2D eigenvalue weighted by Gasteiger charge is 2.61. The quantitative estimate of drug-likeness (QED) is 0.411. The van der Waals surface area contributed by atoms with Gasteiger partial charge in [-0.05, 0) is 0 Å². The monoisotopic (exact) mass is 312 g/mol. The van der Waals surface area contributed by atoms with Crippen LogP contribution in [0.2, 0.25) is 0 Å². The summed E-state index contributed by atoms with van der Waals surface area (Å²) >= 11 is -0.126. The van der Waals surface area contributed by atoms with Gasteiger partial charge in [0.15, 0.2) is 0 Å². The van der Waals surface area contributed by atoms with E-state index in [1.165, 1.54) is 0 Å². The average molecular weight is 312 g/mol. The Morgan fingerprint density at radius 3 is 1.25 bits per heavy atom. The molecule has 12 heavy (non-hydrogen) atoms. The third-order valence-corrected chi connectivity index (χ3v) is 1.41. The van der Waals surface area contributed by atoms with Crippen molar-refractivity contribution in [2.45, 2.75) is 16.4 Å². The fourth-order valence-corrected chi connectivity index (χ4v) is 0.453. The van der Waals surface area contributed by atoms with Crippen molar-refractivity contribution in [3.8, 4) is 0 Å². The number of hydrogen-bond acceptors (Lipinski definition) is 1. The summed E-state index contributed by atoms with van der Waals surface area (Å²) in [6.07, 6.45) is -11.4. The van der Waals surface area contributed by atoms with Crippen LogP contribution in [0.25, 0.3) is 0 Å². The van der Waals surface area contributed by atoms with Crippen molar-refractivity contribution < 1.29 is 35.5 Å². The van der Waals surface area contributed by atoms with Gasteiger partial charge >= 0.3 is 16.4 Å². The summed E-state index contributed by atoms with van der Waals surface area (Å²) in [6, 6.07) is 0. The topological polar surface area (TPSA) is 9.23 Å². The molecule has 0 radical (unpaired) electrons. The molecule has 74 valence electrons. The molecule has 0 saturated carbocycles. The minimum absolute atomic E-state index is 0.126. The maximum Gasteiger partial charge on any atom is 0.526 e. The first-order valence-corrected chi connectivity index (χ1v) is 3.25. The van der Waals surface area contributed by atoms with E-state index < -0.39 is 16.4 Å². The largest absolute Gasteiger partial charge is 0.526 e. The third kappa shape index (κ3) is 3.74. The van der Waals surface area contributed by atoms with Crippen LogP contribution in [-0.4, -0.2) is 16.4 Å². The molecule has 0 N–H and O–H groups in total. The molecule has 1 nitrogen and oxygen atoms in total.